The van der Waals surface area contributed by atoms with Gasteiger partial charge in [0.2, 0.25) is 0 Å². The summed E-state index contributed by atoms with van der Waals surface area (Å²) < 4.78 is 119. The lowest BCUT2D eigenvalue weighted by molar-refractivity contribution is -0.364. The molecule has 0 radical (unpaired) electrons. The molecule has 19 rings (SSSR count). The van der Waals surface area contributed by atoms with Gasteiger partial charge >= 0.3 is 0 Å². The van der Waals surface area contributed by atoms with Crippen molar-refractivity contribution < 1.29 is 160 Å². The molecule has 11 heterocycles. The maximum atomic E-state index is 10.4. The van der Waals surface area contributed by atoms with Crippen LogP contribution in [0.3, 0.4) is 0 Å². The molecule has 0 aromatic heterocycles. The van der Waals surface area contributed by atoms with Crippen molar-refractivity contribution in [1.82, 2.24) is 0 Å². The molecule has 33 heteroatoms. The lowest BCUT2D eigenvalue weighted by Gasteiger charge is -2.50. The van der Waals surface area contributed by atoms with Gasteiger partial charge in [0.05, 0.1) is 157 Å². The molecular formula is C89H162O33. The number of ether oxygens (including phenoxy) is 22. The Morgan fingerprint density at radius 1 is 0.262 bits per heavy atom. The molecule has 0 aromatic rings. The number of hydrogen-bond acceptors (Lipinski definition) is 33. The van der Waals surface area contributed by atoms with Crippen molar-refractivity contribution in [2.45, 2.75) is 495 Å². The van der Waals surface area contributed by atoms with Crippen molar-refractivity contribution >= 4 is 0 Å². The summed E-state index contributed by atoms with van der Waals surface area (Å²) in [7, 11) is 0. The second-order valence-electron chi connectivity index (χ2n) is 38.6. The molecule has 8 saturated carbocycles. The molecular weight excluding hydrogens is 1600 g/mol. The van der Waals surface area contributed by atoms with E-state index in [2.05, 4.69) is 0 Å². The van der Waals surface area contributed by atoms with Crippen LogP contribution in [0.1, 0.15) is 297 Å². The highest BCUT2D eigenvalue weighted by atomic mass is 16.7. The fourth-order valence-electron chi connectivity index (χ4n) is 18.2. The number of rotatable bonds is 0. The van der Waals surface area contributed by atoms with Crippen LogP contribution in [-0.2, 0) is 104 Å². The van der Waals surface area contributed by atoms with Gasteiger partial charge in [0, 0.05) is 25.7 Å². The maximum Gasteiger partial charge on any atom is 0.192 e. The molecule has 11 aliphatic heterocycles. The SMILES string of the molecule is CC1(C)OCC(O)OC1(C)C.CC1(C)OCCOC1(C)O.CC1COC(O)C(C)(C)O1.CC1OC(C)C(O)OC1C.CC1OCC(C)(O)OC1C.OC12CCCC1OCCO2.OC12CCCCC1OC1CCCC1O2.OC12CCCCC1OC1CCCCC1O2.OC12CCCCC1OCCO2.OC1COC2CCCC2O1.OC1COC2CCCCC2O1. The zero-order chi connectivity index (χ0) is 89.1. The third kappa shape index (κ3) is 30.4. The summed E-state index contributed by atoms with van der Waals surface area (Å²) in [4.78, 5) is 0. The molecule has 716 valence electrons. The first-order valence-corrected chi connectivity index (χ1v) is 46.3. The molecule has 0 aromatic carbocycles. The van der Waals surface area contributed by atoms with E-state index in [4.69, 9.17) is 125 Å². The van der Waals surface area contributed by atoms with E-state index < -0.39 is 83.0 Å². The summed E-state index contributed by atoms with van der Waals surface area (Å²) >= 11 is 0. The number of fused-ring (bicyclic) bond motifs is 8. The fourth-order valence-corrected chi connectivity index (χ4v) is 18.2. The molecule has 11 saturated heterocycles. The molecule has 29 unspecified atom stereocenters. The van der Waals surface area contributed by atoms with Gasteiger partial charge < -0.3 is 160 Å². The second kappa shape index (κ2) is 46.9. The zero-order valence-electron chi connectivity index (χ0n) is 76.5. The van der Waals surface area contributed by atoms with Gasteiger partial charge in [-0.3, -0.25) is 0 Å². The Balaban J connectivity index is 0.000000153. The van der Waals surface area contributed by atoms with E-state index in [0.717, 1.165) is 148 Å². The largest absolute Gasteiger partial charge is 0.370 e. The van der Waals surface area contributed by atoms with E-state index >= 15 is 0 Å². The van der Waals surface area contributed by atoms with Gasteiger partial charge in [-0.2, -0.15) is 0 Å². The maximum absolute atomic E-state index is 10.4. The van der Waals surface area contributed by atoms with Crippen LogP contribution in [0.2, 0.25) is 0 Å². The zero-order valence-corrected chi connectivity index (χ0v) is 76.5. The Hall–Kier alpha value is -1.32. The predicted molar refractivity (Wildman–Crippen MR) is 441 cm³/mol. The van der Waals surface area contributed by atoms with Crippen molar-refractivity contribution in [1.29, 1.82) is 0 Å². The van der Waals surface area contributed by atoms with Crippen LogP contribution in [0.5, 0.6) is 0 Å². The summed E-state index contributed by atoms with van der Waals surface area (Å²) in [6, 6.07) is 0. The van der Waals surface area contributed by atoms with Crippen LogP contribution in [0, 0.1) is 0 Å². The van der Waals surface area contributed by atoms with Crippen LogP contribution in [0.15, 0.2) is 0 Å². The Morgan fingerprint density at radius 2 is 0.680 bits per heavy atom. The first kappa shape index (κ1) is 104. The molecule has 0 spiro atoms. The van der Waals surface area contributed by atoms with Crippen molar-refractivity contribution in [3.05, 3.63) is 0 Å². The fraction of sp³-hybridized carbons (Fsp3) is 1.00. The van der Waals surface area contributed by atoms with Crippen molar-refractivity contribution in [3.63, 3.8) is 0 Å². The summed E-state index contributed by atoms with van der Waals surface area (Å²) in [6.07, 6.45) is 28.0. The average Bonchev–Trinajstić information content (AvgIpc) is 1.34. The monoisotopic (exact) mass is 1760 g/mol. The second-order valence-corrected chi connectivity index (χ2v) is 38.6. The van der Waals surface area contributed by atoms with Crippen LogP contribution in [0.25, 0.3) is 0 Å². The van der Waals surface area contributed by atoms with E-state index in [1.54, 1.807) is 20.8 Å². The van der Waals surface area contributed by atoms with Crippen LogP contribution >= 0.6 is 0 Å². The van der Waals surface area contributed by atoms with Gasteiger partial charge in [0.1, 0.15) is 48.3 Å². The lowest BCUT2D eigenvalue weighted by atomic mass is 9.86. The molecule has 11 N–H and O–H groups in total. The standard InChI is InChI=1S/C12H20O3.C11H18O3.2C8H14O3.C8H16O3.2C7H12O3.4C7H14O3/c13-12-8-4-3-7-11(12)14-9-5-1-2-6-10(9)15-12;12-11-7-2-1-6-10(11)13-8-4-3-5-9(8)14-11;9-8-4-2-1-3-7(8)10-5-6-11-8;9-8-5-10-6-3-1-2-4-7(6)11-8;1-7(2)8(3,4)11-6(9)5-10-7;8-7-3-1-2-6(7)9-4-5-10-7;8-7-4-9-5-2-1-3-6(5)10-7;1-6(2)7(3,8)10-5-4-9-6;1-5-6(2)10-7(3,8)4-9-5;1-5-4-9-6(8)7(2,3)10-5;1-4-5(2)10-7(8)6(3)9-4/h9-11,13H,1-8H2;8-10,12H,1-7H2;7,9H,1-6H2;6-9H,1-5H2;6,9H,5H2,1-4H3;6,8H,1-5H2;5-8H,1-4H2;8H,4-5H2,1-3H3;2*5-6,8H,4H2,1-3H3;4-8H,1-3H3. The smallest absolute Gasteiger partial charge is 0.192 e. The normalized spacial score (nSPS) is 45.8. The van der Waals surface area contributed by atoms with Gasteiger partial charge in [-0.25, -0.2) is 0 Å². The van der Waals surface area contributed by atoms with Gasteiger partial charge in [-0.1, -0.05) is 44.9 Å². The molecule has 29 atom stereocenters. The van der Waals surface area contributed by atoms with Gasteiger partial charge in [-0.05, 0) is 226 Å². The molecule has 19 fully saturated rings. The van der Waals surface area contributed by atoms with Crippen LogP contribution in [-0.4, -0.2) is 327 Å². The Bertz CT molecular complexity index is 2910. The minimum Gasteiger partial charge on any atom is -0.370 e. The highest BCUT2D eigenvalue weighted by molar-refractivity contribution is 4.97. The average molecular weight is 1760 g/mol. The minimum absolute atomic E-state index is 0.00815. The minimum atomic E-state index is -1.15. The van der Waals surface area contributed by atoms with Crippen LogP contribution < -0.4 is 0 Å². The number of aliphatic hydroxyl groups excluding tert-OH is 5. The van der Waals surface area contributed by atoms with E-state index in [9.17, 15) is 35.7 Å². The summed E-state index contributed by atoms with van der Waals surface area (Å²) in [5.74, 6) is -6.04. The number of aliphatic hydroxyl groups is 11. The molecule has 0 bridgehead atoms. The first-order chi connectivity index (χ1) is 57.4. The summed E-state index contributed by atoms with van der Waals surface area (Å²) in [6.45, 7) is 34.6. The predicted octanol–water partition coefficient (Wildman–Crippen LogP) is 8.42. The van der Waals surface area contributed by atoms with Gasteiger partial charge in [-0.15, -0.1) is 0 Å². The summed E-state index contributed by atoms with van der Waals surface area (Å²) in [5, 5.41) is 105. The quantitative estimate of drug-likeness (QED) is 0.108. The Kier molecular flexibility index (Phi) is 40.1. The van der Waals surface area contributed by atoms with E-state index in [0.29, 0.717) is 59.5 Å². The van der Waals surface area contributed by atoms with Crippen molar-refractivity contribution in [2.75, 3.05) is 72.7 Å². The first-order valence-electron chi connectivity index (χ1n) is 46.3. The van der Waals surface area contributed by atoms with Gasteiger partial charge in [0.15, 0.2) is 66.2 Å². The topological polar surface area (TPSA) is 426 Å². The molecule has 33 nitrogen and oxygen atoms in total. The molecule has 0 amide bonds. The van der Waals surface area contributed by atoms with Crippen LogP contribution in [0.4, 0.5) is 0 Å². The van der Waals surface area contributed by atoms with E-state index in [-0.39, 0.29) is 129 Å². The van der Waals surface area contributed by atoms with Crippen molar-refractivity contribution in [3.8, 4) is 0 Å². The Morgan fingerprint density at radius 3 is 1.12 bits per heavy atom. The van der Waals surface area contributed by atoms with Gasteiger partial charge in [0.25, 0.3) is 0 Å². The Labute approximate surface area is 725 Å². The highest BCUT2D eigenvalue weighted by Crippen LogP contribution is 2.45. The lowest BCUT2D eigenvalue weighted by Crippen LogP contribution is -2.59. The van der Waals surface area contributed by atoms with E-state index in [1.807, 2.05) is 90.0 Å². The molecule has 19 aliphatic rings. The molecule has 122 heavy (non-hydrogen) atoms. The third-order valence-corrected chi connectivity index (χ3v) is 27.0. The van der Waals surface area contributed by atoms with E-state index in [1.165, 1.54) is 38.5 Å². The molecule has 8 aliphatic carbocycles. The highest BCUT2D eigenvalue weighted by Gasteiger charge is 2.54. The van der Waals surface area contributed by atoms with Crippen molar-refractivity contribution in [2.24, 2.45) is 0 Å². The number of hydrogen-bond donors (Lipinski definition) is 11. The summed E-state index contributed by atoms with van der Waals surface area (Å²) in [5.41, 5.74) is -1.90. The third-order valence-electron chi connectivity index (χ3n) is 27.0.